The largest absolute Gasteiger partial charge is 0.463 e. The quantitative estimate of drug-likeness (QED) is 0.0627. The molecule has 3 aliphatic rings. The van der Waals surface area contributed by atoms with Gasteiger partial charge in [-0.05, 0) is 24.4 Å². The summed E-state index contributed by atoms with van der Waals surface area (Å²) >= 11 is 6.49. The number of ether oxygens (including phenoxy) is 9. The van der Waals surface area contributed by atoms with E-state index in [2.05, 4.69) is 25.9 Å². The Kier molecular flexibility index (Phi) is 14.8. The fourth-order valence-electron chi connectivity index (χ4n) is 6.85. The lowest BCUT2D eigenvalue weighted by Crippen LogP contribution is -2.46. The van der Waals surface area contributed by atoms with E-state index in [-0.39, 0.29) is 36.4 Å². The highest BCUT2D eigenvalue weighted by molar-refractivity contribution is 6.28. The Morgan fingerprint density at radius 3 is 2.04 bits per heavy atom. The van der Waals surface area contributed by atoms with Crippen LogP contribution in [0.1, 0.15) is 39.8 Å². The number of halogens is 1. The van der Waals surface area contributed by atoms with Gasteiger partial charge in [0.1, 0.15) is 25.1 Å². The first kappa shape index (κ1) is 39.6. The highest BCUT2D eigenvalue weighted by atomic mass is 35.5. The van der Waals surface area contributed by atoms with Crippen molar-refractivity contribution in [2.45, 2.75) is 64.3 Å². The zero-order chi connectivity index (χ0) is 37.0. The van der Waals surface area contributed by atoms with E-state index in [1.165, 1.54) is 25.5 Å². The molecule has 7 atom stereocenters. The fourth-order valence-corrected chi connectivity index (χ4v) is 7.01. The summed E-state index contributed by atoms with van der Waals surface area (Å²) in [6, 6.07) is 0. The van der Waals surface area contributed by atoms with Gasteiger partial charge < -0.3 is 47.5 Å². The number of esters is 3. The van der Waals surface area contributed by atoms with E-state index in [1.807, 2.05) is 0 Å². The van der Waals surface area contributed by atoms with E-state index in [0.29, 0.717) is 82.8 Å². The third kappa shape index (κ3) is 10.5. The molecular weight excluding hydrogens is 706 g/mol. The van der Waals surface area contributed by atoms with Crippen LogP contribution in [-0.4, -0.2) is 141 Å². The molecule has 0 N–H and O–H groups in total. The molecule has 4 heterocycles. The van der Waals surface area contributed by atoms with E-state index in [0.717, 1.165) is 12.8 Å². The van der Waals surface area contributed by atoms with Gasteiger partial charge in [-0.1, -0.05) is 5.92 Å². The van der Waals surface area contributed by atoms with Crippen molar-refractivity contribution in [2.24, 2.45) is 11.8 Å². The molecule has 2 aliphatic heterocycles. The average molecular weight is 752 g/mol. The van der Waals surface area contributed by atoms with Crippen LogP contribution in [0.2, 0.25) is 5.28 Å². The van der Waals surface area contributed by atoms with Crippen LogP contribution >= 0.6 is 11.6 Å². The summed E-state index contributed by atoms with van der Waals surface area (Å²) in [6.45, 7) is 8.85. The summed E-state index contributed by atoms with van der Waals surface area (Å²) in [5.74, 6) is 1.74. The standard InChI is InChI=1S/C34H46ClN5O12/c1-5-8-44-9-10-45-11-12-46-13-14-47-15-16-48-28-24-6-7-25(28)19-39(18-24)31-26-17-36-40(32(26)38-34(35)37-31)33-30(51-23(4)43)29(50-22(3)42)27(52-33)20-49-21(2)41/h1,17,24-25,27-30,33H,6-16,18-20H2,2-4H3/t24-,25+,27-,28?,29-,30-,33-/m1/s1. The number of fused-ring (bicyclic) bond motifs is 3. The maximum atomic E-state index is 12.2. The van der Waals surface area contributed by atoms with Gasteiger partial charge in [-0.2, -0.15) is 15.1 Å². The first-order chi connectivity index (χ1) is 25.2. The first-order valence-corrected chi connectivity index (χ1v) is 17.7. The van der Waals surface area contributed by atoms with Crippen LogP contribution in [0.25, 0.3) is 11.0 Å². The number of carbonyl (C=O) groups is 3. The second-order valence-corrected chi connectivity index (χ2v) is 12.9. The number of carbonyl (C=O) groups excluding carboxylic acids is 3. The van der Waals surface area contributed by atoms with E-state index in [1.54, 1.807) is 6.20 Å². The maximum Gasteiger partial charge on any atom is 0.303 e. The minimum absolute atomic E-state index is 0.00986. The maximum absolute atomic E-state index is 12.2. The molecule has 2 bridgehead atoms. The van der Waals surface area contributed by atoms with E-state index in [4.69, 9.17) is 60.7 Å². The Labute approximate surface area is 306 Å². The summed E-state index contributed by atoms with van der Waals surface area (Å²) < 4.78 is 52.0. The Hall–Kier alpha value is -3.63. The van der Waals surface area contributed by atoms with Gasteiger partial charge in [0, 0.05) is 45.7 Å². The molecule has 0 aromatic carbocycles. The summed E-state index contributed by atoms with van der Waals surface area (Å²) in [5, 5.41) is 5.14. The van der Waals surface area contributed by atoms with Crippen molar-refractivity contribution in [3.05, 3.63) is 11.5 Å². The van der Waals surface area contributed by atoms with Gasteiger partial charge in [-0.25, -0.2) is 4.68 Å². The average Bonchev–Trinajstić information content (AvgIpc) is 3.73. The van der Waals surface area contributed by atoms with Crippen molar-refractivity contribution in [3.8, 4) is 12.3 Å². The van der Waals surface area contributed by atoms with E-state index >= 15 is 0 Å². The lowest BCUT2D eigenvalue weighted by atomic mass is 9.94. The molecule has 17 nitrogen and oxygen atoms in total. The molecule has 0 amide bonds. The van der Waals surface area contributed by atoms with Gasteiger partial charge in [0.2, 0.25) is 5.28 Å². The number of hydrogen-bond acceptors (Lipinski definition) is 16. The highest BCUT2D eigenvalue weighted by Gasteiger charge is 2.52. The van der Waals surface area contributed by atoms with Crippen molar-refractivity contribution in [3.63, 3.8) is 0 Å². The molecule has 286 valence electrons. The normalized spacial score (nSPS) is 25.3. The first-order valence-electron chi connectivity index (χ1n) is 17.3. The summed E-state index contributed by atoms with van der Waals surface area (Å²) in [7, 11) is 0. The van der Waals surface area contributed by atoms with E-state index in [9.17, 15) is 14.4 Å². The SMILES string of the molecule is C#CCOCCOCCOCCOCCOC1[C@@H]2CC[C@H]1CN(c1nc(Cl)nc3c1cnn3[C@@H]1O[C@H](COC(C)=O)[C@@H](OC(C)=O)[C@H]1OC(C)=O)C2. The Bertz CT molecular complexity index is 1540. The number of piperidine rings is 1. The van der Waals surface area contributed by atoms with Crippen molar-refractivity contribution in [1.29, 1.82) is 0 Å². The van der Waals surface area contributed by atoms with Crippen molar-refractivity contribution in [2.75, 3.05) is 84.1 Å². The van der Waals surface area contributed by atoms with Gasteiger partial charge in [0.15, 0.2) is 24.1 Å². The van der Waals surface area contributed by atoms with Crippen LogP contribution in [0.3, 0.4) is 0 Å². The van der Waals surface area contributed by atoms with Gasteiger partial charge in [-0.15, -0.1) is 6.42 Å². The molecule has 52 heavy (non-hydrogen) atoms. The molecule has 0 spiro atoms. The smallest absolute Gasteiger partial charge is 0.303 e. The molecule has 1 saturated carbocycles. The lowest BCUT2D eigenvalue weighted by Gasteiger charge is -2.38. The third-order valence-corrected chi connectivity index (χ3v) is 9.04. The second kappa shape index (κ2) is 19.4. The van der Waals surface area contributed by atoms with E-state index < -0.39 is 42.4 Å². The molecule has 0 radical (unpaired) electrons. The van der Waals surface area contributed by atoms with Gasteiger partial charge in [-0.3, -0.25) is 14.4 Å². The minimum Gasteiger partial charge on any atom is -0.463 e. The zero-order valence-electron chi connectivity index (χ0n) is 29.6. The third-order valence-electron chi connectivity index (χ3n) is 8.87. The molecule has 2 saturated heterocycles. The number of anilines is 1. The topological polar surface area (TPSA) is 181 Å². The van der Waals surface area contributed by atoms with Crippen LogP contribution in [0, 0.1) is 24.2 Å². The minimum atomic E-state index is -1.13. The number of rotatable bonds is 20. The monoisotopic (exact) mass is 751 g/mol. The molecule has 1 aliphatic carbocycles. The molecule has 2 aromatic rings. The van der Waals surface area contributed by atoms with Crippen LogP contribution in [0.4, 0.5) is 5.82 Å². The van der Waals surface area contributed by atoms with Gasteiger partial charge in [0.25, 0.3) is 0 Å². The fraction of sp³-hybridized carbons (Fsp3) is 0.706. The number of nitrogens with zero attached hydrogens (tertiary/aromatic N) is 5. The lowest BCUT2D eigenvalue weighted by molar-refractivity contribution is -0.166. The van der Waals surface area contributed by atoms with Crippen LogP contribution in [-0.2, 0) is 57.0 Å². The van der Waals surface area contributed by atoms with Crippen LogP contribution in [0.5, 0.6) is 0 Å². The molecule has 5 rings (SSSR count). The summed E-state index contributed by atoms with van der Waals surface area (Å²) in [5.41, 5.74) is 0.330. The highest BCUT2D eigenvalue weighted by Crippen LogP contribution is 2.42. The number of aromatic nitrogens is 4. The van der Waals surface area contributed by atoms with Gasteiger partial charge >= 0.3 is 17.9 Å². The molecular formula is C34H46ClN5O12. The molecule has 3 fully saturated rings. The Balaban J connectivity index is 1.16. The van der Waals surface area contributed by atoms with Crippen LogP contribution < -0.4 is 4.90 Å². The summed E-state index contributed by atoms with van der Waals surface area (Å²) in [4.78, 5) is 47.0. The summed E-state index contributed by atoms with van der Waals surface area (Å²) in [6.07, 6.45) is 4.60. The molecule has 1 unspecified atom stereocenters. The Morgan fingerprint density at radius 1 is 0.846 bits per heavy atom. The number of hydrogen-bond donors (Lipinski definition) is 0. The van der Waals surface area contributed by atoms with Gasteiger partial charge in [0.05, 0.1) is 70.5 Å². The molecule has 2 aromatic heterocycles. The van der Waals surface area contributed by atoms with Crippen molar-refractivity contribution in [1.82, 2.24) is 19.7 Å². The zero-order valence-corrected chi connectivity index (χ0v) is 30.4. The molecule has 18 heteroatoms. The predicted molar refractivity (Wildman–Crippen MR) is 182 cm³/mol. The van der Waals surface area contributed by atoms with Crippen LogP contribution in [0.15, 0.2) is 6.20 Å². The Morgan fingerprint density at radius 2 is 1.44 bits per heavy atom. The van der Waals surface area contributed by atoms with Crippen molar-refractivity contribution < 1.29 is 57.0 Å². The van der Waals surface area contributed by atoms with Crippen molar-refractivity contribution >= 4 is 46.4 Å². The second-order valence-electron chi connectivity index (χ2n) is 12.6. The number of terminal acetylenes is 1. The predicted octanol–water partition coefficient (Wildman–Crippen LogP) is 1.73.